The van der Waals surface area contributed by atoms with Crippen molar-refractivity contribution in [3.63, 3.8) is 0 Å². The summed E-state index contributed by atoms with van der Waals surface area (Å²) < 4.78 is 0. The van der Waals surface area contributed by atoms with Crippen LogP contribution in [0.15, 0.2) is 30.3 Å². The molecular formula is C13H16N4O. The number of benzene rings is 1. The molecule has 0 saturated carbocycles. The SMILES string of the molecule is N#CN(C(=O)CN1CCNCC1)c1ccccc1. The summed E-state index contributed by atoms with van der Waals surface area (Å²) in [4.78, 5) is 15.3. The van der Waals surface area contributed by atoms with E-state index in [1.807, 2.05) is 24.4 Å². The Morgan fingerprint density at radius 2 is 2.00 bits per heavy atom. The third kappa shape index (κ3) is 3.06. The molecule has 0 spiro atoms. The number of carbonyl (C=O) groups excluding carboxylic acids is 1. The molecule has 0 atom stereocenters. The molecule has 94 valence electrons. The third-order valence-electron chi connectivity index (χ3n) is 2.93. The molecular weight excluding hydrogens is 228 g/mol. The second-order valence-corrected chi connectivity index (χ2v) is 4.19. The zero-order valence-electron chi connectivity index (χ0n) is 10.2. The molecule has 1 aromatic carbocycles. The highest BCUT2D eigenvalue weighted by Gasteiger charge is 2.19. The number of hydrogen-bond donors (Lipinski definition) is 1. The standard InChI is InChI=1S/C13H16N4O/c14-11-17(12-4-2-1-3-5-12)13(18)10-16-8-6-15-7-9-16/h1-5,15H,6-10H2. The number of para-hydroxylation sites is 1. The van der Waals surface area contributed by atoms with E-state index in [4.69, 9.17) is 5.26 Å². The van der Waals surface area contributed by atoms with E-state index < -0.39 is 0 Å². The van der Waals surface area contributed by atoms with Crippen molar-refractivity contribution in [3.8, 4) is 6.19 Å². The molecule has 18 heavy (non-hydrogen) atoms. The van der Waals surface area contributed by atoms with Crippen LogP contribution in [0.4, 0.5) is 5.69 Å². The lowest BCUT2D eigenvalue weighted by Crippen LogP contribution is -2.47. The predicted molar refractivity (Wildman–Crippen MR) is 68.9 cm³/mol. The van der Waals surface area contributed by atoms with Gasteiger partial charge in [0.15, 0.2) is 6.19 Å². The number of nitrogens with zero attached hydrogens (tertiary/aromatic N) is 3. The summed E-state index contributed by atoms with van der Waals surface area (Å²) in [6.45, 7) is 3.78. The quantitative estimate of drug-likeness (QED) is 0.618. The molecule has 1 aliphatic heterocycles. The Morgan fingerprint density at radius 1 is 1.33 bits per heavy atom. The average Bonchev–Trinajstić information content (AvgIpc) is 2.42. The minimum absolute atomic E-state index is 0.175. The number of rotatable bonds is 3. The summed E-state index contributed by atoms with van der Waals surface area (Å²) in [5, 5.41) is 12.3. The molecule has 0 bridgehead atoms. The highest BCUT2D eigenvalue weighted by molar-refractivity contribution is 5.97. The first kappa shape index (κ1) is 12.6. The van der Waals surface area contributed by atoms with Gasteiger partial charge in [0.1, 0.15) is 0 Å². The molecule has 1 heterocycles. The van der Waals surface area contributed by atoms with E-state index in [2.05, 4.69) is 10.2 Å². The fraction of sp³-hybridized carbons (Fsp3) is 0.385. The topological polar surface area (TPSA) is 59.4 Å². The largest absolute Gasteiger partial charge is 0.314 e. The lowest BCUT2D eigenvalue weighted by molar-refractivity contribution is -0.119. The van der Waals surface area contributed by atoms with E-state index in [9.17, 15) is 4.79 Å². The van der Waals surface area contributed by atoms with Gasteiger partial charge in [-0.15, -0.1) is 0 Å². The van der Waals surface area contributed by atoms with E-state index in [1.54, 1.807) is 12.1 Å². The lowest BCUT2D eigenvalue weighted by atomic mass is 10.3. The van der Waals surface area contributed by atoms with Crippen molar-refractivity contribution in [3.05, 3.63) is 30.3 Å². The maximum Gasteiger partial charge on any atom is 0.254 e. The number of nitrogens with one attached hydrogen (secondary N) is 1. The van der Waals surface area contributed by atoms with Crippen molar-refractivity contribution in [2.24, 2.45) is 0 Å². The molecule has 2 rings (SSSR count). The molecule has 0 aromatic heterocycles. The van der Waals surface area contributed by atoms with Crippen LogP contribution in [0, 0.1) is 11.5 Å². The Morgan fingerprint density at radius 3 is 2.61 bits per heavy atom. The van der Waals surface area contributed by atoms with E-state index in [1.165, 1.54) is 0 Å². The fourth-order valence-electron chi connectivity index (χ4n) is 1.97. The molecule has 5 heteroatoms. The van der Waals surface area contributed by atoms with Crippen LogP contribution >= 0.6 is 0 Å². The summed E-state index contributed by atoms with van der Waals surface area (Å²) in [6.07, 6.45) is 1.95. The van der Waals surface area contributed by atoms with Crippen molar-refractivity contribution >= 4 is 11.6 Å². The number of nitriles is 1. The van der Waals surface area contributed by atoms with E-state index in [0.29, 0.717) is 12.2 Å². The van der Waals surface area contributed by atoms with Crippen molar-refractivity contribution < 1.29 is 4.79 Å². The van der Waals surface area contributed by atoms with Gasteiger partial charge in [-0.2, -0.15) is 5.26 Å². The second kappa shape index (κ2) is 6.15. The van der Waals surface area contributed by atoms with E-state index in [0.717, 1.165) is 31.1 Å². The molecule has 1 fully saturated rings. The van der Waals surface area contributed by atoms with E-state index in [-0.39, 0.29) is 5.91 Å². The Bertz CT molecular complexity index is 434. The number of anilines is 1. The van der Waals surface area contributed by atoms with Gasteiger partial charge >= 0.3 is 0 Å². The smallest absolute Gasteiger partial charge is 0.254 e. The Labute approximate surface area is 107 Å². The van der Waals surface area contributed by atoms with Crippen LogP contribution < -0.4 is 10.2 Å². The highest BCUT2D eigenvalue weighted by atomic mass is 16.2. The maximum absolute atomic E-state index is 12.1. The Hall–Kier alpha value is -1.90. The van der Waals surface area contributed by atoms with Gasteiger partial charge in [-0.05, 0) is 12.1 Å². The summed E-state index contributed by atoms with van der Waals surface area (Å²) in [5.74, 6) is -0.175. The van der Waals surface area contributed by atoms with Crippen LogP contribution in [0.25, 0.3) is 0 Å². The minimum Gasteiger partial charge on any atom is -0.314 e. The first-order chi connectivity index (χ1) is 8.81. The van der Waals surface area contributed by atoms with Crippen molar-refractivity contribution in [2.75, 3.05) is 37.6 Å². The van der Waals surface area contributed by atoms with Gasteiger partial charge in [0, 0.05) is 26.2 Å². The average molecular weight is 244 g/mol. The van der Waals surface area contributed by atoms with Gasteiger partial charge in [0.2, 0.25) is 0 Å². The molecule has 0 unspecified atom stereocenters. The van der Waals surface area contributed by atoms with Gasteiger partial charge in [0.05, 0.1) is 12.2 Å². The molecule has 5 nitrogen and oxygen atoms in total. The maximum atomic E-state index is 12.1. The highest BCUT2D eigenvalue weighted by Crippen LogP contribution is 2.12. The van der Waals surface area contributed by atoms with Crippen LogP contribution in [0.2, 0.25) is 0 Å². The zero-order chi connectivity index (χ0) is 12.8. The monoisotopic (exact) mass is 244 g/mol. The van der Waals surface area contributed by atoms with Crippen LogP contribution in [0.1, 0.15) is 0 Å². The summed E-state index contributed by atoms with van der Waals surface area (Å²) in [6, 6.07) is 9.02. The van der Waals surface area contributed by atoms with Crippen molar-refractivity contribution in [1.29, 1.82) is 5.26 Å². The number of piperazine rings is 1. The van der Waals surface area contributed by atoms with Crippen LogP contribution in [-0.2, 0) is 4.79 Å². The molecule has 1 aliphatic rings. The van der Waals surface area contributed by atoms with Gasteiger partial charge in [-0.1, -0.05) is 18.2 Å². The molecule has 1 amide bonds. The van der Waals surface area contributed by atoms with Crippen molar-refractivity contribution in [1.82, 2.24) is 10.2 Å². The predicted octanol–water partition coefficient (Wildman–Crippen LogP) is 0.406. The van der Waals surface area contributed by atoms with Crippen LogP contribution in [-0.4, -0.2) is 43.5 Å². The van der Waals surface area contributed by atoms with Crippen LogP contribution in [0.5, 0.6) is 0 Å². The molecule has 1 aromatic rings. The number of hydrogen-bond acceptors (Lipinski definition) is 4. The normalized spacial score (nSPS) is 15.9. The summed E-state index contributed by atoms with van der Waals surface area (Å²) in [7, 11) is 0. The molecule has 0 aliphatic carbocycles. The van der Waals surface area contributed by atoms with Gasteiger partial charge in [-0.25, -0.2) is 4.90 Å². The first-order valence-electron chi connectivity index (χ1n) is 6.02. The molecule has 1 N–H and O–H groups in total. The number of carbonyl (C=O) groups is 1. The second-order valence-electron chi connectivity index (χ2n) is 4.19. The van der Waals surface area contributed by atoms with E-state index >= 15 is 0 Å². The molecule has 0 radical (unpaired) electrons. The molecule has 1 saturated heterocycles. The van der Waals surface area contributed by atoms with Gasteiger partial charge in [0.25, 0.3) is 5.91 Å². The first-order valence-corrected chi connectivity index (χ1v) is 6.02. The minimum atomic E-state index is -0.175. The Kier molecular flexibility index (Phi) is 4.29. The van der Waals surface area contributed by atoms with Crippen LogP contribution in [0.3, 0.4) is 0 Å². The van der Waals surface area contributed by atoms with Crippen molar-refractivity contribution in [2.45, 2.75) is 0 Å². The summed E-state index contributed by atoms with van der Waals surface area (Å²) in [5.41, 5.74) is 0.625. The number of amides is 1. The summed E-state index contributed by atoms with van der Waals surface area (Å²) >= 11 is 0. The van der Waals surface area contributed by atoms with Gasteiger partial charge in [-0.3, -0.25) is 9.69 Å². The Balaban J connectivity index is 2.00. The zero-order valence-corrected chi connectivity index (χ0v) is 10.2. The fourth-order valence-corrected chi connectivity index (χ4v) is 1.97. The third-order valence-corrected chi connectivity index (χ3v) is 2.93. The van der Waals surface area contributed by atoms with Gasteiger partial charge < -0.3 is 5.32 Å². The lowest BCUT2D eigenvalue weighted by Gasteiger charge is -2.27.